The van der Waals surface area contributed by atoms with Gasteiger partial charge in [-0.3, -0.25) is 4.79 Å². The largest absolute Gasteiger partial charge is 0.446 e. The van der Waals surface area contributed by atoms with Crippen LogP contribution in [0.5, 0.6) is 0 Å². The van der Waals surface area contributed by atoms with E-state index >= 15 is 0 Å². The lowest BCUT2D eigenvalue weighted by molar-refractivity contribution is 0.0794. The monoisotopic (exact) mass is 207 g/mol. The summed E-state index contributed by atoms with van der Waals surface area (Å²) >= 11 is 0. The molecular weight excluding hydrogens is 194 g/mol. The van der Waals surface area contributed by atoms with Crippen LogP contribution in [0.1, 0.15) is 29.3 Å². The fourth-order valence-electron chi connectivity index (χ4n) is 1.40. The van der Waals surface area contributed by atoms with E-state index in [0.29, 0.717) is 24.7 Å². The van der Waals surface area contributed by atoms with Crippen molar-refractivity contribution in [1.82, 2.24) is 9.88 Å². The molecule has 2 heterocycles. The van der Waals surface area contributed by atoms with E-state index in [4.69, 9.17) is 10.2 Å². The van der Waals surface area contributed by atoms with Crippen LogP contribution in [0.2, 0.25) is 0 Å². The van der Waals surface area contributed by atoms with E-state index < -0.39 is 0 Å². The molecule has 0 radical (unpaired) electrons. The Labute approximate surface area is 87.6 Å². The average Bonchev–Trinajstić information content (AvgIpc) is 2.88. The third-order valence-corrected chi connectivity index (χ3v) is 2.24. The first-order chi connectivity index (χ1) is 7.18. The molecule has 0 saturated heterocycles. The van der Waals surface area contributed by atoms with Crippen LogP contribution in [0.3, 0.4) is 0 Å². The summed E-state index contributed by atoms with van der Waals surface area (Å²) in [5, 5.41) is 0. The van der Waals surface area contributed by atoms with Gasteiger partial charge < -0.3 is 15.1 Å². The Bertz CT molecular complexity index is 387. The second kappa shape index (κ2) is 3.86. The lowest BCUT2D eigenvalue weighted by atomic mass is 10.3. The highest BCUT2D eigenvalue weighted by Gasteiger charge is 2.20. The van der Waals surface area contributed by atoms with Crippen LogP contribution < -0.4 is 5.73 Å². The van der Waals surface area contributed by atoms with Crippen LogP contribution in [-0.4, -0.2) is 28.9 Å². The molecule has 0 bridgehead atoms. The fraction of sp³-hybridized carbons (Fsp3) is 0.400. The molecule has 1 aliphatic rings. The molecule has 0 aliphatic carbocycles. The summed E-state index contributed by atoms with van der Waals surface area (Å²) < 4.78 is 5.10. The molecule has 0 spiro atoms. The van der Waals surface area contributed by atoms with Gasteiger partial charge in [-0.25, -0.2) is 4.98 Å². The normalized spacial score (nSPS) is 17.1. The van der Waals surface area contributed by atoms with Crippen LogP contribution in [0.15, 0.2) is 22.8 Å². The minimum absolute atomic E-state index is 0.115. The van der Waals surface area contributed by atoms with E-state index in [1.165, 1.54) is 6.26 Å². The van der Waals surface area contributed by atoms with Gasteiger partial charge in [-0.1, -0.05) is 12.2 Å². The SMILES string of the molecule is CC(N)c1nc(C(=O)N2CC=CC2)co1. The molecule has 15 heavy (non-hydrogen) atoms. The third-order valence-electron chi connectivity index (χ3n) is 2.24. The van der Waals surface area contributed by atoms with E-state index in [1.54, 1.807) is 11.8 Å². The van der Waals surface area contributed by atoms with Gasteiger partial charge in [-0.05, 0) is 6.92 Å². The van der Waals surface area contributed by atoms with Crippen molar-refractivity contribution < 1.29 is 9.21 Å². The van der Waals surface area contributed by atoms with Gasteiger partial charge in [0.05, 0.1) is 6.04 Å². The Morgan fingerprint density at radius 3 is 2.80 bits per heavy atom. The van der Waals surface area contributed by atoms with Gasteiger partial charge in [0.15, 0.2) is 5.69 Å². The van der Waals surface area contributed by atoms with Crippen molar-refractivity contribution in [1.29, 1.82) is 0 Å². The van der Waals surface area contributed by atoms with Crippen LogP contribution in [0.25, 0.3) is 0 Å². The average molecular weight is 207 g/mol. The maximum Gasteiger partial charge on any atom is 0.276 e. The summed E-state index contributed by atoms with van der Waals surface area (Å²) in [6, 6.07) is -0.289. The molecule has 0 fully saturated rings. The minimum atomic E-state index is -0.289. The Balaban J connectivity index is 2.11. The molecule has 1 atom stereocenters. The molecule has 80 valence electrons. The summed E-state index contributed by atoms with van der Waals surface area (Å²) in [5.74, 6) is 0.279. The first kappa shape index (κ1) is 9.92. The van der Waals surface area contributed by atoms with E-state index in [9.17, 15) is 4.79 Å². The lowest BCUT2D eigenvalue weighted by Crippen LogP contribution is -2.28. The first-order valence-corrected chi connectivity index (χ1v) is 4.84. The zero-order valence-corrected chi connectivity index (χ0v) is 8.51. The Morgan fingerprint density at radius 2 is 2.27 bits per heavy atom. The molecule has 2 N–H and O–H groups in total. The summed E-state index contributed by atoms with van der Waals surface area (Å²) in [5.41, 5.74) is 5.91. The molecule has 5 heteroatoms. The maximum atomic E-state index is 11.8. The number of nitrogens with two attached hydrogens (primary N) is 1. The predicted molar refractivity (Wildman–Crippen MR) is 54.1 cm³/mol. The second-order valence-corrected chi connectivity index (χ2v) is 3.54. The number of hydrogen-bond donors (Lipinski definition) is 1. The molecule has 1 aromatic heterocycles. The van der Waals surface area contributed by atoms with E-state index in [2.05, 4.69) is 4.98 Å². The van der Waals surface area contributed by atoms with Crippen LogP contribution in [0, 0.1) is 0 Å². The minimum Gasteiger partial charge on any atom is -0.446 e. The first-order valence-electron chi connectivity index (χ1n) is 4.84. The van der Waals surface area contributed by atoms with Crippen LogP contribution in [0.4, 0.5) is 0 Å². The maximum absolute atomic E-state index is 11.8. The van der Waals surface area contributed by atoms with Gasteiger partial charge in [-0.15, -0.1) is 0 Å². The number of amides is 1. The smallest absolute Gasteiger partial charge is 0.276 e. The van der Waals surface area contributed by atoms with Crippen LogP contribution >= 0.6 is 0 Å². The number of nitrogens with zero attached hydrogens (tertiary/aromatic N) is 2. The summed E-state index contributed by atoms with van der Waals surface area (Å²) in [4.78, 5) is 17.5. The lowest BCUT2D eigenvalue weighted by Gasteiger charge is -2.12. The Hall–Kier alpha value is -1.62. The number of oxazole rings is 1. The van der Waals surface area contributed by atoms with Gasteiger partial charge in [-0.2, -0.15) is 0 Å². The van der Waals surface area contributed by atoms with Crippen molar-refractivity contribution in [2.75, 3.05) is 13.1 Å². The molecule has 2 rings (SSSR count). The van der Waals surface area contributed by atoms with Gasteiger partial charge >= 0.3 is 0 Å². The van der Waals surface area contributed by atoms with Crippen molar-refractivity contribution >= 4 is 5.91 Å². The molecule has 0 saturated carbocycles. The van der Waals surface area contributed by atoms with Crippen LogP contribution in [-0.2, 0) is 0 Å². The van der Waals surface area contributed by atoms with E-state index in [1.807, 2.05) is 12.2 Å². The fourth-order valence-corrected chi connectivity index (χ4v) is 1.40. The third kappa shape index (κ3) is 1.92. The molecule has 0 aromatic carbocycles. The summed E-state index contributed by atoms with van der Waals surface area (Å²) in [6.07, 6.45) is 5.26. The van der Waals surface area contributed by atoms with Gasteiger partial charge in [0.25, 0.3) is 5.91 Å². The van der Waals surface area contributed by atoms with Gasteiger partial charge in [0.1, 0.15) is 6.26 Å². The molecule has 1 aromatic rings. The Morgan fingerprint density at radius 1 is 1.60 bits per heavy atom. The summed E-state index contributed by atoms with van der Waals surface area (Å²) in [7, 11) is 0. The van der Waals surface area contributed by atoms with Crippen molar-refractivity contribution in [3.8, 4) is 0 Å². The predicted octanol–water partition coefficient (Wildman–Crippen LogP) is 0.706. The van der Waals surface area contributed by atoms with Crippen molar-refractivity contribution in [3.63, 3.8) is 0 Å². The summed E-state index contributed by atoms with van der Waals surface area (Å²) in [6.45, 7) is 3.04. The van der Waals surface area contributed by atoms with Crippen molar-refractivity contribution in [2.24, 2.45) is 5.73 Å². The number of hydrogen-bond acceptors (Lipinski definition) is 4. The van der Waals surface area contributed by atoms with Gasteiger partial charge in [0.2, 0.25) is 5.89 Å². The molecule has 1 amide bonds. The number of carbonyl (C=O) groups excluding carboxylic acids is 1. The van der Waals surface area contributed by atoms with E-state index in [-0.39, 0.29) is 11.9 Å². The molecular formula is C10H13N3O2. The molecule has 1 unspecified atom stereocenters. The molecule has 5 nitrogen and oxygen atoms in total. The quantitative estimate of drug-likeness (QED) is 0.725. The molecule has 1 aliphatic heterocycles. The highest BCUT2D eigenvalue weighted by molar-refractivity contribution is 5.92. The number of rotatable bonds is 2. The standard InChI is InChI=1S/C10H13N3O2/c1-7(11)9-12-8(6-15-9)10(14)13-4-2-3-5-13/h2-3,6-7H,4-5,11H2,1H3. The zero-order chi connectivity index (χ0) is 10.8. The van der Waals surface area contributed by atoms with E-state index in [0.717, 1.165) is 0 Å². The van der Waals surface area contributed by atoms with Crippen molar-refractivity contribution in [2.45, 2.75) is 13.0 Å². The highest BCUT2D eigenvalue weighted by Crippen LogP contribution is 2.12. The van der Waals surface area contributed by atoms with Gasteiger partial charge in [0, 0.05) is 13.1 Å². The zero-order valence-electron chi connectivity index (χ0n) is 8.51. The number of carbonyl (C=O) groups is 1. The van der Waals surface area contributed by atoms with Crippen molar-refractivity contribution in [3.05, 3.63) is 30.0 Å². The second-order valence-electron chi connectivity index (χ2n) is 3.54. The highest BCUT2D eigenvalue weighted by atomic mass is 16.3. The topological polar surface area (TPSA) is 72.4 Å². The number of aromatic nitrogens is 1. The Kier molecular flexibility index (Phi) is 2.55.